The van der Waals surface area contributed by atoms with Crippen LogP contribution in [-0.2, 0) is 20.9 Å². The molecule has 1 saturated heterocycles. The van der Waals surface area contributed by atoms with E-state index in [9.17, 15) is 14.4 Å². The highest BCUT2D eigenvalue weighted by molar-refractivity contribution is 6.05. The van der Waals surface area contributed by atoms with E-state index >= 15 is 0 Å². The molecule has 3 rings (SSSR count). The largest absolute Gasteiger partial charge is 0.469 e. The van der Waals surface area contributed by atoms with Gasteiger partial charge < -0.3 is 9.64 Å². The Morgan fingerprint density at radius 3 is 2.65 bits per heavy atom. The van der Waals surface area contributed by atoms with Crippen molar-refractivity contribution in [3.63, 3.8) is 0 Å². The molecule has 2 aromatic carbocycles. The number of amides is 3. The van der Waals surface area contributed by atoms with Gasteiger partial charge in [0.05, 0.1) is 13.5 Å². The molecule has 0 radical (unpaired) electrons. The van der Waals surface area contributed by atoms with E-state index in [4.69, 9.17) is 0 Å². The molecule has 6 nitrogen and oxygen atoms in total. The first-order valence-electron chi connectivity index (χ1n) is 7.24. The van der Waals surface area contributed by atoms with E-state index in [1.54, 1.807) is 0 Å². The zero-order valence-corrected chi connectivity index (χ0v) is 12.6. The smallest absolute Gasteiger partial charge is 0.325 e. The van der Waals surface area contributed by atoms with Crippen LogP contribution in [-0.4, -0.2) is 36.0 Å². The Labute approximate surface area is 133 Å². The zero-order chi connectivity index (χ0) is 16.4. The fourth-order valence-corrected chi connectivity index (χ4v) is 2.70. The minimum absolute atomic E-state index is 0.151. The number of nitrogens with one attached hydrogen (secondary N) is 1. The van der Waals surface area contributed by atoms with Crippen LogP contribution in [0.15, 0.2) is 42.5 Å². The molecule has 118 valence electrons. The summed E-state index contributed by atoms with van der Waals surface area (Å²) < 4.78 is 4.60. The Bertz CT molecular complexity index is 787. The number of nitrogens with zero attached hydrogens (tertiary/aromatic N) is 1. The van der Waals surface area contributed by atoms with Crippen LogP contribution in [0.1, 0.15) is 12.0 Å². The third-order valence-electron chi connectivity index (χ3n) is 3.92. The van der Waals surface area contributed by atoms with Gasteiger partial charge >= 0.3 is 12.0 Å². The molecule has 0 spiro atoms. The van der Waals surface area contributed by atoms with Crippen LogP contribution in [0.3, 0.4) is 0 Å². The molecule has 1 N–H and O–H groups in total. The molecule has 1 fully saturated rings. The van der Waals surface area contributed by atoms with Gasteiger partial charge in [0.25, 0.3) is 5.91 Å². The van der Waals surface area contributed by atoms with Gasteiger partial charge in [-0.3, -0.25) is 14.9 Å². The van der Waals surface area contributed by atoms with Crippen molar-refractivity contribution in [3.05, 3.63) is 48.0 Å². The Morgan fingerprint density at radius 2 is 1.91 bits per heavy atom. The standard InChI is InChI=1S/C17H16N2O4/c1-23-15(20)9-14-16(21)18-17(22)19(14)10-11-6-7-12-4-2-3-5-13(12)8-11/h2-8,14H,9-10H2,1H3,(H,18,21,22). The number of fused-ring (bicyclic) bond motifs is 1. The molecule has 0 bridgehead atoms. The topological polar surface area (TPSA) is 75.7 Å². The van der Waals surface area contributed by atoms with Gasteiger partial charge in [0, 0.05) is 6.54 Å². The summed E-state index contributed by atoms with van der Waals surface area (Å²) >= 11 is 0. The molecule has 0 saturated carbocycles. The lowest BCUT2D eigenvalue weighted by Crippen LogP contribution is -2.36. The number of carbonyl (C=O) groups is 3. The van der Waals surface area contributed by atoms with Crippen molar-refractivity contribution in [2.24, 2.45) is 0 Å². The lowest BCUT2D eigenvalue weighted by atomic mass is 10.1. The molecule has 0 aliphatic carbocycles. The van der Waals surface area contributed by atoms with Gasteiger partial charge in [-0.1, -0.05) is 36.4 Å². The van der Waals surface area contributed by atoms with Gasteiger partial charge in [0.15, 0.2) is 0 Å². The quantitative estimate of drug-likeness (QED) is 0.690. The number of hydrogen-bond donors (Lipinski definition) is 1. The Kier molecular flexibility index (Phi) is 3.97. The van der Waals surface area contributed by atoms with Crippen molar-refractivity contribution in [2.45, 2.75) is 19.0 Å². The maximum atomic E-state index is 12.0. The third-order valence-corrected chi connectivity index (χ3v) is 3.92. The lowest BCUT2D eigenvalue weighted by Gasteiger charge is -2.21. The first kappa shape index (κ1) is 15.0. The summed E-state index contributed by atoms with van der Waals surface area (Å²) in [5, 5.41) is 4.40. The average molecular weight is 312 g/mol. The first-order chi connectivity index (χ1) is 11.1. The highest BCUT2D eigenvalue weighted by atomic mass is 16.5. The van der Waals surface area contributed by atoms with E-state index in [0.29, 0.717) is 0 Å². The van der Waals surface area contributed by atoms with Crippen molar-refractivity contribution >= 4 is 28.7 Å². The van der Waals surface area contributed by atoms with Crippen molar-refractivity contribution < 1.29 is 19.1 Å². The van der Waals surface area contributed by atoms with Crippen molar-refractivity contribution in [2.75, 3.05) is 7.11 Å². The highest BCUT2D eigenvalue weighted by Crippen LogP contribution is 2.20. The number of ether oxygens (including phenoxy) is 1. The average Bonchev–Trinajstić information content (AvgIpc) is 2.81. The van der Waals surface area contributed by atoms with Crippen LogP contribution in [0.4, 0.5) is 4.79 Å². The summed E-state index contributed by atoms with van der Waals surface area (Å²) in [7, 11) is 1.25. The summed E-state index contributed by atoms with van der Waals surface area (Å²) in [6.45, 7) is 0.254. The van der Waals surface area contributed by atoms with E-state index < -0.39 is 23.9 Å². The maximum absolute atomic E-state index is 12.0. The summed E-state index contributed by atoms with van der Waals surface area (Å²) in [4.78, 5) is 36.7. The fourth-order valence-electron chi connectivity index (χ4n) is 2.70. The second-order valence-electron chi connectivity index (χ2n) is 5.40. The van der Waals surface area contributed by atoms with E-state index in [0.717, 1.165) is 16.3 Å². The number of esters is 1. The number of benzene rings is 2. The molecule has 1 unspecified atom stereocenters. The maximum Gasteiger partial charge on any atom is 0.325 e. The van der Waals surface area contributed by atoms with Crippen LogP contribution in [0.2, 0.25) is 0 Å². The normalized spacial score (nSPS) is 17.4. The first-order valence-corrected chi connectivity index (χ1v) is 7.24. The minimum atomic E-state index is -0.832. The summed E-state index contributed by atoms with van der Waals surface area (Å²) in [5.41, 5.74) is 0.892. The molecule has 6 heteroatoms. The zero-order valence-electron chi connectivity index (χ0n) is 12.6. The number of carbonyl (C=O) groups excluding carboxylic acids is 3. The molecule has 23 heavy (non-hydrogen) atoms. The number of imide groups is 1. The second-order valence-corrected chi connectivity index (χ2v) is 5.40. The number of hydrogen-bond acceptors (Lipinski definition) is 4. The van der Waals surface area contributed by atoms with E-state index in [1.165, 1.54) is 12.0 Å². The third kappa shape index (κ3) is 3.01. The predicted octanol–water partition coefficient (Wildman–Crippen LogP) is 1.82. The number of methoxy groups -OCH3 is 1. The molecular formula is C17H16N2O4. The SMILES string of the molecule is COC(=O)CC1C(=O)NC(=O)N1Cc1ccc2ccccc2c1. The van der Waals surface area contributed by atoms with Gasteiger partial charge in [0.2, 0.25) is 0 Å². The van der Waals surface area contributed by atoms with Crippen molar-refractivity contribution in [1.29, 1.82) is 0 Å². The molecule has 3 amide bonds. The lowest BCUT2D eigenvalue weighted by molar-refractivity contribution is -0.143. The molecular weight excluding hydrogens is 296 g/mol. The van der Waals surface area contributed by atoms with Crippen LogP contribution < -0.4 is 5.32 Å². The molecule has 2 aromatic rings. The van der Waals surface area contributed by atoms with Crippen LogP contribution in [0.5, 0.6) is 0 Å². The van der Waals surface area contributed by atoms with Crippen LogP contribution in [0, 0.1) is 0 Å². The van der Waals surface area contributed by atoms with Crippen LogP contribution in [0.25, 0.3) is 10.8 Å². The second kappa shape index (κ2) is 6.08. The monoisotopic (exact) mass is 312 g/mol. The van der Waals surface area contributed by atoms with Gasteiger partial charge in [-0.15, -0.1) is 0 Å². The van der Waals surface area contributed by atoms with Gasteiger partial charge in [-0.2, -0.15) is 0 Å². The molecule has 1 atom stereocenters. The summed E-state index contributed by atoms with van der Waals surface area (Å²) in [6, 6.07) is 12.4. The summed E-state index contributed by atoms with van der Waals surface area (Å²) in [6.07, 6.45) is -0.151. The molecule has 0 aromatic heterocycles. The summed E-state index contributed by atoms with van der Waals surface area (Å²) in [5.74, 6) is -0.996. The Balaban J connectivity index is 1.84. The fraction of sp³-hybridized carbons (Fsp3) is 0.235. The number of urea groups is 1. The number of rotatable bonds is 4. The molecule has 1 aliphatic rings. The Morgan fingerprint density at radius 1 is 1.17 bits per heavy atom. The van der Waals surface area contributed by atoms with Crippen molar-refractivity contribution in [1.82, 2.24) is 10.2 Å². The van der Waals surface area contributed by atoms with Crippen LogP contribution >= 0.6 is 0 Å². The molecule has 1 heterocycles. The van der Waals surface area contributed by atoms with Gasteiger partial charge in [-0.05, 0) is 22.4 Å². The van der Waals surface area contributed by atoms with Gasteiger partial charge in [-0.25, -0.2) is 4.79 Å². The highest BCUT2D eigenvalue weighted by Gasteiger charge is 2.39. The van der Waals surface area contributed by atoms with Gasteiger partial charge in [0.1, 0.15) is 6.04 Å². The van der Waals surface area contributed by atoms with E-state index in [1.807, 2.05) is 42.5 Å². The van der Waals surface area contributed by atoms with E-state index in [-0.39, 0.29) is 13.0 Å². The predicted molar refractivity (Wildman–Crippen MR) is 83.5 cm³/mol. The van der Waals surface area contributed by atoms with E-state index in [2.05, 4.69) is 10.1 Å². The minimum Gasteiger partial charge on any atom is -0.469 e. The molecule has 1 aliphatic heterocycles. The Hall–Kier alpha value is -2.89. The van der Waals surface area contributed by atoms with Crippen molar-refractivity contribution in [3.8, 4) is 0 Å².